The lowest BCUT2D eigenvalue weighted by Gasteiger charge is -2.30. The minimum Gasteiger partial charge on any atom is -0.369 e. The molecule has 20 heavy (non-hydrogen) atoms. The van der Waals surface area contributed by atoms with Crippen LogP contribution in [0, 0.1) is 11.3 Å². The van der Waals surface area contributed by atoms with Crippen LogP contribution in [0.15, 0.2) is 18.3 Å². The first kappa shape index (κ1) is 14.3. The van der Waals surface area contributed by atoms with Gasteiger partial charge in [-0.15, -0.1) is 0 Å². The van der Waals surface area contributed by atoms with E-state index in [1.807, 2.05) is 6.07 Å². The number of morpholine rings is 1. The van der Waals surface area contributed by atoms with Gasteiger partial charge in [-0.1, -0.05) is 6.92 Å². The van der Waals surface area contributed by atoms with Gasteiger partial charge in [0.25, 0.3) is 5.91 Å². The number of hydrogen-bond acceptors (Lipinski definition) is 5. The number of aromatic nitrogens is 1. The monoisotopic (exact) mass is 274 g/mol. The minimum atomic E-state index is -0.545. The number of carbonyl (C=O) groups excluding carboxylic acids is 1. The summed E-state index contributed by atoms with van der Waals surface area (Å²) in [6.07, 6.45) is 2.07. The Morgan fingerprint density at radius 2 is 2.55 bits per heavy atom. The highest BCUT2D eigenvalue weighted by Gasteiger charge is 2.26. The van der Waals surface area contributed by atoms with Crippen LogP contribution in [-0.2, 0) is 4.74 Å². The van der Waals surface area contributed by atoms with Gasteiger partial charge in [0.05, 0.1) is 24.8 Å². The second kappa shape index (κ2) is 6.87. The van der Waals surface area contributed by atoms with E-state index >= 15 is 0 Å². The van der Waals surface area contributed by atoms with Crippen molar-refractivity contribution in [1.29, 1.82) is 5.26 Å². The van der Waals surface area contributed by atoms with Crippen molar-refractivity contribution >= 4 is 11.7 Å². The molecule has 1 amide bonds. The molecule has 1 aromatic heterocycles. The molecular weight excluding hydrogens is 256 g/mol. The number of anilines is 1. The molecule has 0 aliphatic carbocycles. The summed E-state index contributed by atoms with van der Waals surface area (Å²) in [7, 11) is 0. The Bertz CT molecular complexity index is 512. The molecule has 1 aromatic rings. The molecule has 1 unspecified atom stereocenters. The van der Waals surface area contributed by atoms with Gasteiger partial charge in [-0.25, -0.2) is 4.98 Å². The lowest BCUT2D eigenvalue weighted by atomic mass is 10.2. The van der Waals surface area contributed by atoms with Gasteiger partial charge in [0.2, 0.25) is 0 Å². The van der Waals surface area contributed by atoms with Crippen LogP contribution >= 0.6 is 0 Å². The molecule has 1 atom stereocenters. The largest absolute Gasteiger partial charge is 0.369 e. The Morgan fingerprint density at radius 1 is 1.70 bits per heavy atom. The molecule has 0 spiro atoms. The van der Waals surface area contributed by atoms with Gasteiger partial charge in [0.1, 0.15) is 5.82 Å². The zero-order chi connectivity index (χ0) is 14.4. The molecule has 6 heteroatoms. The fourth-order valence-corrected chi connectivity index (χ4v) is 2.04. The van der Waals surface area contributed by atoms with E-state index < -0.39 is 6.10 Å². The van der Waals surface area contributed by atoms with Crippen molar-refractivity contribution in [3.63, 3.8) is 0 Å². The van der Waals surface area contributed by atoms with E-state index in [-0.39, 0.29) is 5.91 Å². The summed E-state index contributed by atoms with van der Waals surface area (Å²) in [5.74, 6) is 0.486. The fraction of sp³-hybridized carbons (Fsp3) is 0.500. The molecule has 1 N–H and O–H groups in total. The predicted octanol–water partition coefficient (Wildman–Crippen LogP) is 1.27. The maximum Gasteiger partial charge on any atom is 0.257 e. The first-order valence-electron chi connectivity index (χ1n) is 6.75. The lowest BCUT2D eigenvalue weighted by Crippen LogP contribution is -2.45. The number of carbonyl (C=O) groups is 1. The maximum atomic E-state index is 12.5. The normalized spacial score (nSPS) is 18.4. The summed E-state index contributed by atoms with van der Waals surface area (Å²) in [6, 6.07) is 5.54. The van der Waals surface area contributed by atoms with Crippen LogP contribution in [0.4, 0.5) is 5.82 Å². The van der Waals surface area contributed by atoms with Crippen molar-refractivity contribution in [3.05, 3.63) is 23.9 Å². The number of pyridine rings is 1. The second-order valence-electron chi connectivity index (χ2n) is 4.57. The van der Waals surface area contributed by atoms with Gasteiger partial charge in [0, 0.05) is 19.3 Å². The second-order valence-corrected chi connectivity index (χ2v) is 4.57. The third-order valence-corrected chi connectivity index (χ3v) is 3.08. The van der Waals surface area contributed by atoms with Crippen molar-refractivity contribution in [2.24, 2.45) is 0 Å². The molecule has 0 radical (unpaired) electrons. The van der Waals surface area contributed by atoms with Crippen molar-refractivity contribution in [3.8, 4) is 6.07 Å². The average Bonchev–Trinajstić information content (AvgIpc) is 2.52. The third kappa shape index (κ3) is 3.25. The van der Waals surface area contributed by atoms with E-state index in [2.05, 4.69) is 17.2 Å². The van der Waals surface area contributed by atoms with Gasteiger partial charge in [-0.05, 0) is 18.6 Å². The summed E-state index contributed by atoms with van der Waals surface area (Å²) in [5, 5.41) is 12.0. The molecule has 1 fully saturated rings. The topological polar surface area (TPSA) is 78.2 Å². The number of nitrogens with zero attached hydrogens (tertiary/aromatic N) is 3. The van der Waals surface area contributed by atoms with Crippen LogP contribution in [-0.4, -0.2) is 48.1 Å². The minimum absolute atomic E-state index is 0.111. The van der Waals surface area contributed by atoms with Crippen molar-refractivity contribution in [2.75, 3.05) is 31.6 Å². The van der Waals surface area contributed by atoms with Crippen molar-refractivity contribution < 1.29 is 9.53 Å². The lowest BCUT2D eigenvalue weighted by molar-refractivity contribution is 0.00349. The van der Waals surface area contributed by atoms with Gasteiger partial charge in [-0.3, -0.25) is 4.79 Å². The molecule has 0 bridgehead atoms. The summed E-state index contributed by atoms with van der Waals surface area (Å²) in [6.45, 7) is 4.01. The molecule has 1 saturated heterocycles. The first-order chi connectivity index (χ1) is 9.76. The van der Waals surface area contributed by atoms with Crippen LogP contribution in [0.3, 0.4) is 0 Å². The number of hydrogen-bond donors (Lipinski definition) is 1. The molecule has 1 aliphatic rings. The fourth-order valence-electron chi connectivity index (χ4n) is 2.04. The van der Waals surface area contributed by atoms with Crippen LogP contribution in [0.2, 0.25) is 0 Å². The number of rotatable bonds is 4. The SMILES string of the molecule is CCCNc1ncccc1C(=O)N1CCOC(C#N)C1. The van der Waals surface area contributed by atoms with Gasteiger partial charge >= 0.3 is 0 Å². The summed E-state index contributed by atoms with van der Waals surface area (Å²) < 4.78 is 5.25. The first-order valence-corrected chi connectivity index (χ1v) is 6.75. The summed E-state index contributed by atoms with van der Waals surface area (Å²) in [5.41, 5.74) is 0.541. The van der Waals surface area contributed by atoms with Gasteiger partial charge in [0.15, 0.2) is 6.10 Å². The van der Waals surface area contributed by atoms with Crippen molar-refractivity contribution in [2.45, 2.75) is 19.4 Å². The zero-order valence-electron chi connectivity index (χ0n) is 11.5. The molecule has 1 aliphatic heterocycles. The Morgan fingerprint density at radius 3 is 3.30 bits per heavy atom. The Hall–Kier alpha value is -2.13. The van der Waals surface area contributed by atoms with E-state index in [1.54, 1.807) is 23.2 Å². The highest BCUT2D eigenvalue weighted by molar-refractivity contribution is 5.98. The van der Waals surface area contributed by atoms with Crippen molar-refractivity contribution in [1.82, 2.24) is 9.88 Å². The van der Waals surface area contributed by atoms with Crippen LogP contribution in [0.25, 0.3) is 0 Å². The van der Waals surface area contributed by atoms with E-state index in [0.29, 0.717) is 31.1 Å². The smallest absolute Gasteiger partial charge is 0.257 e. The maximum absolute atomic E-state index is 12.5. The Balaban J connectivity index is 2.14. The molecule has 0 aromatic carbocycles. The third-order valence-electron chi connectivity index (χ3n) is 3.08. The van der Waals surface area contributed by atoms with Crippen LogP contribution in [0.5, 0.6) is 0 Å². The van der Waals surface area contributed by atoms with Gasteiger partial charge < -0.3 is 15.0 Å². The Labute approximate surface area is 118 Å². The molecule has 2 heterocycles. The highest BCUT2D eigenvalue weighted by atomic mass is 16.5. The summed E-state index contributed by atoms with van der Waals surface area (Å²) in [4.78, 5) is 18.4. The number of nitrogens with one attached hydrogen (secondary N) is 1. The van der Waals surface area contributed by atoms with E-state index in [9.17, 15) is 4.79 Å². The van der Waals surface area contributed by atoms with Crippen LogP contribution in [0.1, 0.15) is 23.7 Å². The Kier molecular flexibility index (Phi) is 4.91. The van der Waals surface area contributed by atoms with Gasteiger partial charge in [-0.2, -0.15) is 5.26 Å². The van der Waals surface area contributed by atoms with Crippen LogP contribution < -0.4 is 5.32 Å². The summed E-state index contributed by atoms with van der Waals surface area (Å²) >= 11 is 0. The quantitative estimate of drug-likeness (QED) is 0.894. The number of amides is 1. The molecule has 6 nitrogen and oxygen atoms in total. The average molecular weight is 274 g/mol. The molecular formula is C14H18N4O2. The standard InChI is InChI=1S/C14H18N4O2/c1-2-5-16-13-12(4-3-6-17-13)14(19)18-7-8-20-11(9-15)10-18/h3-4,6,11H,2,5,7-8,10H2,1H3,(H,16,17). The van der Waals surface area contributed by atoms with E-state index in [0.717, 1.165) is 13.0 Å². The number of ether oxygens (including phenoxy) is 1. The molecule has 2 rings (SSSR count). The van der Waals surface area contributed by atoms with E-state index in [4.69, 9.17) is 10.00 Å². The molecule has 106 valence electrons. The zero-order valence-corrected chi connectivity index (χ0v) is 11.5. The molecule has 0 saturated carbocycles. The highest BCUT2D eigenvalue weighted by Crippen LogP contribution is 2.16. The number of nitriles is 1. The predicted molar refractivity (Wildman–Crippen MR) is 74.3 cm³/mol. The van der Waals surface area contributed by atoms with E-state index in [1.165, 1.54) is 0 Å².